The summed E-state index contributed by atoms with van der Waals surface area (Å²) in [7, 11) is -2.02. The van der Waals surface area contributed by atoms with Crippen molar-refractivity contribution >= 4 is 26.6 Å². The summed E-state index contributed by atoms with van der Waals surface area (Å²) in [4.78, 5) is 7.00. The molecule has 1 fully saturated rings. The van der Waals surface area contributed by atoms with Gasteiger partial charge in [0.1, 0.15) is 4.90 Å². The highest BCUT2D eigenvalue weighted by Gasteiger charge is 2.25. The Morgan fingerprint density at radius 3 is 2.61 bits per heavy atom. The maximum absolute atomic E-state index is 13.3. The fourth-order valence-corrected chi connectivity index (χ4v) is 5.17. The molecule has 0 radical (unpaired) electrons. The molecule has 6 heteroatoms. The average molecular weight is 396 g/mol. The van der Waals surface area contributed by atoms with Gasteiger partial charge in [-0.2, -0.15) is 4.31 Å². The molecule has 1 aromatic heterocycles. The molecule has 2 heterocycles. The normalized spacial score (nSPS) is 14.9. The first-order valence-corrected chi connectivity index (χ1v) is 11.1. The summed E-state index contributed by atoms with van der Waals surface area (Å²) in [5, 5.41) is 0.840. The second-order valence-electron chi connectivity index (χ2n) is 7.42. The third-order valence-corrected chi connectivity index (χ3v) is 7.17. The number of anilines is 1. The van der Waals surface area contributed by atoms with Gasteiger partial charge in [-0.1, -0.05) is 30.3 Å². The number of rotatable bonds is 5. The van der Waals surface area contributed by atoms with Gasteiger partial charge in [-0.25, -0.2) is 8.42 Å². The van der Waals surface area contributed by atoms with Crippen LogP contribution in [0.2, 0.25) is 0 Å². The zero-order chi connectivity index (χ0) is 19.7. The molecule has 3 aromatic rings. The summed E-state index contributed by atoms with van der Waals surface area (Å²) in [5.74, 6) is 0. The monoisotopic (exact) mass is 395 g/mol. The van der Waals surface area contributed by atoms with Crippen LogP contribution < -0.4 is 4.90 Å². The highest BCUT2D eigenvalue weighted by Crippen LogP contribution is 2.29. The van der Waals surface area contributed by atoms with E-state index in [-0.39, 0.29) is 4.90 Å². The van der Waals surface area contributed by atoms with Crippen LogP contribution in [-0.2, 0) is 16.6 Å². The highest BCUT2D eigenvalue weighted by atomic mass is 32.2. The number of para-hydroxylation sites is 2. The van der Waals surface area contributed by atoms with Crippen molar-refractivity contribution in [3.8, 4) is 0 Å². The lowest BCUT2D eigenvalue weighted by atomic mass is 10.1. The maximum Gasteiger partial charge on any atom is 0.245 e. The van der Waals surface area contributed by atoms with Crippen molar-refractivity contribution in [2.45, 2.75) is 31.2 Å². The van der Waals surface area contributed by atoms with Crippen molar-refractivity contribution in [2.24, 2.45) is 0 Å². The minimum Gasteiger partial charge on any atom is -0.371 e. The van der Waals surface area contributed by atoms with Crippen molar-refractivity contribution in [3.63, 3.8) is 0 Å². The van der Waals surface area contributed by atoms with Crippen LogP contribution in [0.25, 0.3) is 10.9 Å². The fourth-order valence-electron chi connectivity index (χ4n) is 3.85. The molecule has 2 aromatic carbocycles. The van der Waals surface area contributed by atoms with Crippen LogP contribution >= 0.6 is 0 Å². The molecular weight excluding hydrogens is 370 g/mol. The van der Waals surface area contributed by atoms with Crippen LogP contribution in [0, 0.1) is 6.92 Å². The molecule has 0 atom stereocenters. The number of benzene rings is 2. The Bertz CT molecular complexity index is 1110. The second-order valence-corrected chi connectivity index (χ2v) is 9.44. The standard InChI is InChI=1S/C22H25N3O2S/c1-17-14-18-9-7-11-21(22(18)23-15-17)28(26,27)24(2)16-19-8-3-4-10-20(19)25-12-5-6-13-25/h3-4,7-11,14-15H,5-6,12-13,16H2,1-2H3. The van der Waals surface area contributed by atoms with Gasteiger partial charge >= 0.3 is 0 Å². The molecule has 0 unspecified atom stereocenters. The summed E-state index contributed by atoms with van der Waals surface area (Å²) in [6.45, 7) is 4.34. The van der Waals surface area contributed by atoms with E-state index in [4.69, 9.17) is 0 Å². The van der Waals surface area contributed by atoms with E-state index in [1.165, 1.54) is 17.1 Å². The zero-order valence-corrected chi connectivity index (χ0v) is 17.1. The van der Waals surface area contributed by atoms with E-state index in [0.717, 1.165) is 35.3 Å². The number of fused-ring (bicyclic) bond motifs is 1. The predicted octanol–water partition coefficient (Wildman–Crippen LogP) is 3.96. The summed E-state index contributed by atoms with van der Waals surface area (Å²) < 4.78 is 28.1. The third kappa shape index (κ3) is 3.50. The van der Waals surface area contributed by atoms with Crippen LogP contribution in [0.5, 0.6) is 0 Å². The number of aryl methyl sites for hydroxylation is 1. The zero-order valence-electron chi connectivity index (χ0n) is 16.3. The number of hydrogen-bond donors (Lipinski definition) is 0. The number of hydrogen-bond acceptors (Lipinski definition) is 4. The van der Waals surface area contributed by atoms with E-state index in [9.17, 15) is 8.42 Å². The third-order valence-electron chi connectivity index (χ3n) is 5.33. The van der Waals surface area contributed by atoms with Crippen molar-refractivity contribution in [2.75, 3.05) is 25.0 Å². The van der Waals surface area contributed by atoms with Gasteiger partial charge in [0.15, 0.2) is 0 Å². The van der Waals surface area contributed by atoms with Gasteiger partial charge < -0.3 is 4.90 Å². The minimum absolute atomic E-state index is 0.256. The van der Waals surface area contributed by atoms with Gasteiger partial charge in [-0.05, 0) is 49.1 Å². The summed E-state index contributed by atoms with van der Waals surface area (Å²) in [5.41, 5.74) is 3.69. The molecule has 4 rings (SSSR count). The molecule has 146 valence electrons. The van der Waals surface area contributed by atoms with Crippen LogP contribution in [0.1, 0.15) is 24.0 Å². The van der Waals surface area contributed by atoms with Crippen LogP contribution in [0.3, 0.4) is 0 Å². The molecule has 28 heavy (non-hydrogen) atoms. The van der Waals surface area contributed by atoms with Crippen LogP contribution in [0.4, 0.5) is 5.69 Å². The molecule has 0 N–H and O–H groups in total. The molecular formula is C22H25N3O2S. The maximum atomic E-state index is 13.3. The van der Waals surface area contributed by atoms with Gasteiger partial charge in [-0.3, -0.25) is 4.98 Å². The van der Waals surface area contributed by atoms with E-state index in [0.29, 0.717) is 12.1 Å². The Morgan fingerprint density at radius 1 is 1.07 bits per heavy atom. The van der Waals surface area contributed by atoms with Gasteiger partial charge in [0, 0.05) is 44.0 Å². The SMILES string of the molecule is Cc1cnc2c(S(=O)(=O)N(C)Cc3ccccc3N3CCCC3)cccc2c1. The lowest BCUT2D eigenvalue weighted by Crippen LogP contribution is -2.28. The van der Waals surface area contributed by atoms with Gasteiger partial charge in [-0.15, -0.1) is 0 Å². The lowest BCUT2D eigenvalue weighted by Gasteiger charge is -2.24. The van der Waals surface area contributed by atoms with E-state index >= 15 is 0 Å². The first kappa shape index (κ1) is 18.9. The number of nitrogens with zero attached hydrogens (tertiary/aromatic N) is 3. The summed E-state index contributed by atoms with van der Waals surface area (Å²) in [6, 6.07) is 15.4. The molecule has 1 aliphatic rings. The van der Waals surface area contributed by atoms with Crippen molar-refractivity contribution in [1.82, 2.24) is 9.29 Å². The first-order chi connectivity index (χ1) is 13.5. The number of pyridine rings is 1. The number of aromatic nitrogens is 1. The van der Waals surface area contributed by atoms with Gasteiger partial charge in [0.05, 0.1) is 5.52 Å². The van der Waals surface area contributed by atoms with Crippen LogP contribution in [-0.4, -0.2) is 37.8 Å². The molecule has 0 bridgehead atoms. The minimum atomic E-state index is -3.66. The highest BCUT2D eigenvalue weighted by molar-refractivity contribution is 7.89. The largest absolute Gasteiger partial charge is 0.371 e. The molecule has 0 aliphatic carbocycles. The van der Waals surface area contributed by atoms with E-state index in [2.05, 4.69) is 16.0 Å². The molecule has 5 nitrogen and oxygen atoms in total. The van der Waals surface area contributed by atoms with Crippen molar-refractivity contribution in [1.29, 1.82) is 0 Å². The lowest BCUT2D eigenvalue weighted by molar-refractivity contribution is 0.467. The smallest absolute Gasteiger partial charge is 0.245 e. The molecule has 1 aliphatic heterocycles. The number of sulfonamides is 1. The molecule has 0 spiro atoms. The van der Waals surface area contributed by atoms with Gasteiger partial charge in [0.25, 0.3) is 0 Å². The van der Waals surface area contributed by atoms with E-state index < -0.39 is 10.0 Å². The van der Waals surface area contributed by atoms with Gasteiger partial charge in [0.2, 0.25) is 10.0 Å². The Balaban J connectivity index is 1.68. The Labute approximate surface area is 166 Å². The molecule has 0 amide bonds. The van der Waals surface area contributed by atoms with E-state index in [1.807, 2.05) is 37.3 Å². The summed E-state index contributed by atoms with van der Waals surface area (Å²) in [6.07, 6.45) is 4.08. The fraction of sp³-hybridized carbons (Fsp3) is 0.318. The molecule has 0 saturated carbocycles. The quantitative estimate of drug-likeness (QED) is 0.656. The molecule has 1 saturated heterocycles. The average Bonchev–Trinajstić information content (AvgIpc) is 3.22. The van der Waals surface area contributed by atoms with Crippen molar-refractivity contribution < 1.29 is 8.42 Å². The van der Waals surface area contributed by atoms with Crippen LogP contribution in [0.15, 0.2) is 59.6 Å². The Kier molecular flexibility index (Phi) is 5.08. The van der Waals surface area contributed by atoms with E-state index in [1.54, 1.807) is 25.4 Å². The topological polar surface area (TPSA) is 53.5 Å². The van der Waals surface area contributed by atoms with Crippen molar-refractivity contribution in [3.05, 3.63) is 65.9 Å². The first-order valence-electron chi connectivity index (χ1n) is 9.61. The predicted molar refractivity (Wildman–Crippen MR) is 113 cm³/mol. The Morgan fingerprint density at radius 2 is 1.82 bits per heavy atom. The Hall–Kier alpha value is -2.44. The second kappa shape index (κ2) is 7.53. The summed E-state index contributed by atoms with van der Waals surface area (Å²) >= 11 is 0.